The fraction of sp³-hybridized carbons (Fsp3) is 0.917. The van der Waals surface area contributed by atoms with E-state index >= 15 is 0 Å². The van der Waals surface area contributed by atoms with Crippen LogP contribution in [-0.4, -0.2) is 18.2 Å². The Hall–Kier alpha value is -0.730. The Morgan fingerprint density at radius 1 is 1.33 bits per heavy atom. The average Bonchev–Trinajstić information content (AvgIpc) is 2.18. The topological polar surface area (TPSA) is 38.3 Å². The third-order valence-corrected chi connectivity index (χ3v) is 4.04. The van der Waals surface area contributed by atoms with Crippen molar-refractivity contribution in [2.45, 2.75) is 51.6 Å². The normalized spacial score (nSPS) is 36.5. The molecule has 15 heavy (non-hydrogen) atoms. The minimum atomic E-state index is -0.218. The molecule has 0 aromatic rings. The SMILES string of the molecule is CC(C)C1CCC2(CCNC(=O)O2)CC1. The van der Waals surface area contributed by atoms with E-state index in [4.69, 9.17) is 4.74 Å². The van der Waals surface area contributed by atoms with Crippen LogP contribution in [0, 0.1) is 11.8 Å². The van der Waals surface area contributed by atoms with Gasteiger partial charge < -0.3 is 10.1 Å². The number of ether oxygens (including phenoxy) is 1. The number of alkyl carbamates (subject to hydrolysis) is 1. The molecule has 1 aliphatic heterocycles. The number of rotatable bonds is 1. The van der Waals surface area contributed by atoms with Gasteiger partial charge in [0.05, 0.1) is 0 Å². The van der Waals surface area contributed by atoms with Crippen LogP contribution in [0.15, 0.2) is 0 Å². The minimum absolute atomic E-state index is 0.117. The zero-order valence-corrected chi connectivity index (χ0v) is 9.71. The summed E-state index contributed by atoms with van der Waals surface area (Å²) in [6, 6.07) is 0. The maximum Gasteiger partial charge on any atom is 0.407 e. The van der Waals surface area contributed by atoms with Crippen molar-refractivity contribution in [1.82, 2.24) is 5.32 Å². The number of hydrogen-bond donors (Lipinski definition) is 1. The second-order valence-electron chi connectivity index (χ2n) is 5.33. The van der Waals surface area contributed by atoms with Crippen LogP contribution < -0.4 is 5.32 Å². The molecule has 1 aliphatic carbocycles. The summed E-state index contributed by atoms with van der Waals surface area (Å²) in [5, 5.41) is 2.73. The predicted molar refractivity (Wildman–Crippen MR) is 58.6 cm³/mol. The quantitative estimate of drug-likeness (QED) is 0.724. The highest BCUT2D eigenvalue weighted by Gasteiger charge is 2.41. The lowest BCUT2D eigenvalue weighted by atomic mass is 9.73. The van der Waals surface area contributed by atoms with Crippen molar-refractivity contribution >= 4 is 6.09 Å². The molecule has 1 amide bonds. The van der Waals surface area contributed by atoms with Gasteiger partial charge in [0.15, 0.2) is 0 Å². The smallest absolute Gasteiger partial charge is 0.407 e. The molecule has 86 valence electrons. The summed E-state index contributed by atoms with van der Waals surface area (Å²) in [5.74, 6) is 1.59. The van der Waals surface area contributed by atoms with Gasteiger partial charge in [0, 0.05) is 13.0 Å². The van der Waals surface area contributed by atoms with Crippen LogP contribution >= 0.6 is 0 Å². The lowest BCUT2D eigenvalue weighted by Crippen LogP contribution is -2.49. The van der Waals surface area contributed by atoms with Gasteiger partial charge in [-0.1, -0.05) is 13.8 Å². The van der Waals surface area contributed by atoms with Crippen molar-refractivity contribution in [3.63, 3.8) is 0 Å². The Kier molecular flexibility index (Phi) is 2.89. The van der Waals surface area contributed by atoms with Crippen molar-refractivity contribution in [2.75, 3.05) is 6.54 Å². The summed E-state index contributed by atoms with van der Waals surface area (Å²) in [7, 11) is 0. The van der Waals surface area contributed by atoms with Gasteiger partial charge in [0.1, 0.15) is 5.60 Å². The van der Waals surface area contributed by atoms with Crippen LogP contribution in [0.4, 0.5) is 4.79 Å². The van der Waals surface area contributed by atoms with Gasteiger partial charge in [-0.15, -0.1) is 0 Å². The molecule has 0 aromatic carbocycles. The van der Waals surface area contributed by atoms with Crippen molar-refractivity contribution in [3.8, 4) is 0 Å². The van der Waals surface area contributed by atoms with Crippen LogP contribution in [0.1, 0.15) is 46.0 Å². The fourth-order valence-electron chi connectivity index (χ4n) is 2.86. The summed E-state index contributed by atoms with van der Waals surface area (Å²) < 4.78 is 5.49. The minimum Gasteiger partial charge on any atom is -0.443 e. The zero-order valence-electron chi connectivity index (χ0n) is 9.71. The highest BCUT2D eigenvalue weighted by Crippen LogP contribution is 2.40. The van der Waals surface area contributed by atoms with Crippen molar-refractivity contribution in [2.24, 2.45) is 11.8 Å². The van der Waals surface area contributed by atoms with Crippen molar-refractivity contribution in [3.05, 3.63) is 0 Å². The van der Waals surface area contributed by atoms with Gasteiger partial charge in [0.2, 0.25) is 0 Å². The Bertz CT molecular complexity index is 242. The van der Waals surface area contributed by atoms with E-state index in [1.54, 1.807) is 0 Å². The summed E-state index contributed by atoms with van der Waals surface area (Å²) in [5.41, 5.74) is -0.117. The van der Waals surface area contributed by atoms with E-state index in [9.17, 15) is 4.79 Å². The molecule has 2 fully saturated rings. The first-order chi connectivity index (χ1) is 7.11. The highest BCUT2D eigenvalue weighted by molar-refractivity contribution is 5.68. The summed E-state index contributed by atoms with van der Waals surface area (Å²) >= 11 is 0. The molecule has 1 spiro atoms. The second kappa shape index (κ2) is 4.03. The van der Waals surface area contributed by atoms with E-state index < -0.39 is 0 Å². The monoisotopic (exact) mass is 211 g/mol. The predicted octanol–water partition coefficient (Wildman–Crippen LogP) is 2.70. The van der Waals surface area contributed by atoms with Crippen LogP contribution in [-0.2, 0) is 4.74 Å². The number of carbonyl (C=O) groups excluding carboxylic acids is 1. The summed E-state index contributed by atoms with van der Waals surface area (Å²) in [6.45, 7) is 5.36. The molecule has 2 rings (SSSR count). The molecule has 0 aromatic heterocycles. The second-order valence-corrected chi connectivity index (χ2v) is 5.33. The van der Waals surface area contributed by atoms with Crippen LogP contribution in [0.5, 0.6) is 0 Å². The van der Waals surface area contributed by atoms with Gasteiger partial charge >= 0.3 is 6.09 Å². The van der Waals surface area contributed by atoms with E-state index in [-0.39, 0.29) is 11.7 Å². The Balaban J connectivity index is 1.93. The zero-order chi connectivity index (χ0) is 10.9. The maximum absolute atomic E-state index is 11.2. The Morgan fingerprint density at radius 3 is 2.53 bits per heavy atom. The van der Waals surface area contributed by atoms with E-state index in [1.165, 1.54) is 12.8 Å². The molecule has 0 bridgehead atoms. The first kappa shape index (κ1) is 10.8. The maximum atomic E-state index is 11.2. The van der Waals surface area contributed by atoms with E-state index in [0.29, 0.717) is 0 Å². The van der Waals surface area contributed by atoms with Gasteiger partial charge in [-0.05, 0) is 37.5 Å². The molecule has 0 radical (unpaired) electrons. The largest absolute Gasteiger partial charge is 0.443 e. The molecule has 1 saturated heterocycles. The van der Waals surface area contributed by atoms with E-state index in [1.807, 2.05) is 0 Å². The van der Waals surface area contributed by atoms with Crippen LogP contribution in [0.2, 0.25) is 0 Å². The molecule has 3 heteroatoms. The molecule has 2 aliphatic rings. The van der Waals surface area contributed by atoms with Gasteiger partial charge in [-0.2, -0.15) is 0 Å². The highest BCUT2D eigenvalue weighted by atomic mass is 16.6. The van der Waals surface area contributed by atoms with Crippen molar-refractivity contribution < 1.29 is 9.53 Å². The number of nitrogens with one attached hydrogen (secondary N) is 1. The Labute approximate surface area is 91.6 Å². The summed E-state index contributed by atoms with van der Waals surface area (Å²) in [4.78, 5) is 11.2. The molecular weight excluding hydrogens is 190 g/mol. The molecule has 1 saturated carbocycles. The molecule has 1 heterocycles. The molecule has 3 nitrogen and oxygen atoms in total. The Morgan fingerprint density at radius 2 is 2.00 bits per heavy atom. The van der Waals surface area contributed by atoms with Gasteiger partial charge in [0.25, 0.3) is 0 Å². The lowest BCUT2D eigenvalue weighted by molar-refractivity contribution is -0.0506. The molecular formula is C12H21NO2. The van der Waals surface area contributed by atoms with Crippen LogP contribution in [0.25, 0.3) is 0 Å². The first-order valence-electron chi connectivity index (χ1n) is 6.08. The van der Waals surface area contributed by atoms with E-state index in [2.05, 4.69) is 19.2 Å². The third kappa shape index (κ3) is 2.27. The average molecular weight is 211 g/mol. The van der Waals surface area contributed by atoms with Crippen molar-refractivity contribution in [1.29, 1.82) is 0 Å². The van der Waals surface area contributed by atoms with Gasteiger partial charge in [-0.25, -0.2) is 4.79 Å². The molecule has 1 N–H and O–H groups in total. The first-order valence-corrected chi connectivity index (χ1v) is 6.08. The number of amides is 1. The summed E-state index contributed by atoms with van der Waals surface area (Å²) in [6.07, 6.45) is 5.32. The van der Waals surface area contributed by atoms with Gasteiger partial charge in [-0.3, -0.25) is 0 Å². The number of carbonyl (C=O) groups is 1. The fourth-order valence-corrected chi connectivity index (χ4v) is 2.86. The van der Waals surface area contributed by atoms with Crippen LogP contribution in [0.3, 0.4) is 0 Å². The standard InChI is InChI=1S/C12H21NO2/c1-9(2)10-3-5-12(6-4-10)7-8-13-11(14)15-12/h9-10H,3-8H2,1-2H3,(H,13,14). The van der Waals surface area contributed by atoms with E-state index in [0.717, 1.165) is 37.6 Å². The lowest BCUT2D eigenvalue weighted by Gasteiger charge is -2.42. The molecule has 0 unspecified atom stereocenters. The number of hydrogen-bond acceptors (Lipinski definition) is 2. The third-order valence-electron chi connectivity index (χ3n) is 4.04. The molecule has 0 atom stereocenters.